The average molecular weight is 557 g/mol. The molecule has 5 atom stereocenters. The number of nitrogen functional groups attached to an aromatic ring is 1. The monoisotopic (exact) mass is 555 g/mol. The van der Waals surface area contributed by atoms with Gasteiger partial charge in [0, 0.05) is 23.1 Å². The lowest BCUT2D eigenvalue weighted by molar-refractivity contribution is -0.162. The van der Waals surface area contributed by atoms with E-state index in [2.05, 4.69) is 35.4 Å². The minimum absolute atomic E-state index is 0.0734. The van der Waals surface area contributed by atoms with Crippen molar-refractivity contribution >= 4 is 55.3 Å². The van der Waals surface area contributed by atoms with Crippen LogP contribution in [0.3, 0.4) is 0 Å². The molecule has 2 saturated carbocycles. The number of pyridine rings is 1. The maximum atomic E-state index is 6.47. The summed E-state index contributed by atoms with van der Waals surface area (Å²) in [6.45, 7) is 4.47. The van der Waals surface area contributed by atoms with Gasteiger partial charge in [0.1, 0.15) is 34.8 Å². The lowest BCUT2D eigenvalue weighted by Gasteiger charge is -2.24. The van der Waals surface area contributed by atoms with Crippen LogP contribution in [-0.2, 0) is 9.47 Å². The average Bonchev–Trinajstić information content (AvgIpc) is 3.07. The molecule has 7 rings (SSSR count). The minimum Gasteiger partial charge on any atom is -0.493 e. The Morgan fingerprint density at radius 2 is 2.09 bits per heavy atom. The summed E-state index contributed by atoms with van der Waals surface area (Å²) >= 11 is 9.77. The van der Waals surface area contributed by atoms with E-state index >= 15 is 0 Å². The fourth-order valence-electron chi connectivity index (χ4n) is 6.08. The molecular formula is C25H23BrClN5O3. The van der Waals surface area contributed by atoms with E-state index in [-0.39, 0.29) is 23.7 Å². The largest absolute Gasteiger partial charge is 0.493 e. The molecule has 4 heterocycles. The summed E-state index contributed by atoms with van der Waals surface area (Å²) in [5.74, 6) is 0.888. The second-order valence-electron chi connectivity index (χ2n) is 10.2. The Labute approximate surface area is 214 Å². The number of hydrogen-bond acceptors (Lipinski definition) is 7. The first kappa shape index (κ1) is 21.8. The van der Waals surface area contributed by atoms with E-state index < -0.39 is 5.79 Å². The molecule has 0 radical (unpaired) electrons. The van der Waals surface area contributed by atoms with Gasteiger partial charge in [-0.15, -0.1) is 0 Å². The van der Waals surface area contributed by atoms with Crippen LogP contribution in [0.25, 0.3) is 21.9 Å². The molecule has 2 N–H and O–H groups in total. The van der Waals surface area contributed by atoms with Gasteiger partial charge in [-0.3, -0.25) is 0 Å². The van der Waals surface area contributed by atoms with E-state index in [1.54, 1.807) is 0 Å². The molecule has 0 amide bonds. The molecule has 1 saturated heterocycles. The second-order valence-corrected chi connectivity index (χ2v) is 11.4. The van der Waals surface area contributed by atoms with Crippen molar-refractivity contribution in [2.24, 2.45) is 11.3 Å². The Morgan fingerprint density at radius 3 is 2.94 bits per heavy atom. The third-order valence-electron chi connectivity index (χ3n) is 7.68. The normalized spacial score (nSPS) is 30.5. The van der Waals surface area contributed by atoms with Crippen molar-refractivity contribution in [3.05, 3.63) is 52.5 Å². The molecule has 3 fully saturated rings. The van der Waals surface area contributed by atoms with E-state index in [0.29, 0.717) is 23.5 Å². The first-order valence-electron chi connectivity index (χ1n) is 11.6. The topological polar surface area (TPSA) is 97.3 Å². The van der Waals surface area contributed by atoms with Gasteiger partial charge in [0.05, 0.1) is 34.1 Å². The van der Waals surface area contributed by atoms with Gasteiger partial charge < -0.3 is 24.5 Å². The van der Waals surface area contributed by atoms with Gasteiger partial charge in [0.15, 0.2) is 5.79 Å². The Bertz CT molecular complexity index is 1510. The second kappa shape index (κ2) is 7.29. The first-order valence-corrected chi connectivity index (χ1v) is 12.7. The molecule has 3 aromatic heterocycles. The lowest BCUT2D eigenvalue weighted by Crippen LogP contribution is -2.34. The van der Waals surface area contributed by atoms with Crippen molar-refractivity contribution in [1.82, 2.24) is 19.5 Å². The minimum atomic E-state index is -0.665. The molecule has 3 aliphatic rings. The molecule has 0 unspecified atom stereocenters. The molecule has 1 aromatic carbocycles. The number of fused-ring (bicyclic) bond motifs is 5. The summed E-state index contributed by atoms with van der Waals surface area (Å²) in [7, 11) is 0. The van der Waals surface area contributed by atoms with Crippen LogP contribution in [0.1, 0.15) is 26.3 Å². The summed E-state index contributed by atoms with van der Waals surface area (Å²) in [4.78, 5) is 13.1. The number of halogens is 2. The molecule has 10 heteroatoms. The van der Waals surface area contributed by atoms with Crippen molar-refractivity contribution in [3.63, 3.8) is 0 Å². The summed E-state index contributed by atoms with van der Waals surface area (Å²) in [5, 5.41) is 2.29. The maximum Gasteiger partial charge on any atom is 0.163 e. The molecule has 4 aromatic rings. The SMILES string of the molecule is CC1(C)O[C@H]2[C@H](n3ccc4c(Cl)ncnc43)[C@H]3C[C@@]3(COc3ccc4cc(Br)c(N)nc4c3)[C@H]2O1. The molecule has 180 valence electrons. The van der Waals surface area contributed by atoms with Crippen LogP contribution in [0, 0.1) is 11.3 Å². The Kier molecular flexibility index (Phi) is 4.54. The van der Waals surface area contributed by atoms with Crippen LogP contribution in [0.2, 0.25) is 5.15 Å². The molecule has 1 aliphatic heterocycles. The number of nitrogens with zero attached hydrogens (tertiary/aromatic N) is 4. The maximum absolute atomic E-state index is 6.47. The Hall–Kier alpha value is -2.46. The highest BCUT2D eigenvalue weighted by atomic mass is 79.9. The number of anilines is 1. The van der Waals surface area contributed by atoms with E-state index in [0.717, 1.165) is 38.6 Å². The fraction of sp³-hybridized carbons (Fsp3) is 0.400. The summed E-state index contributed by atoms with van der Waals surface area (Å²) in [6, 6.07) is 9.91. The molecule has 2 aliphatic carbocycles. The van der Waals surface area contributed by atoms with Gasteiger partial charge in [-0.2, -0.15) is 0 Å². The van der Waals surface area contributed by atoms with Crippen LogP contribution in [-0.4, -0.2) is 44.1 Å². The Morgan fingerprint density at radius 1 is 1.23 bits per heavy atom. The van der Waals surface area contributed by atoms with Gasteiger partial charge in [-0.25, -0.2) is 15.0 Å². The highest BCUT2D eigenvalue weighted by Gasteiger charge is 2.76. The number of rotatable bonds is 4. The predicted molar refractivity (Wildman–Crippen MR) is 135 cm³/mol. The predicted octanol–water partition coefficient (Wildman–Crippen LogP) is 5.14. The molecule has 35 heavy (non-hydrogen) atoms. The number of hydrogen-bond donors (Lipinski definition) is 1. The van der Waals surface area contributed by atoms with Crippen molar-refractivity contribution < 1.29 is 14.2 Å². The molecular weight excluding hydrogens is 534 g/mol. The Balaban J connectivity index is 1.21. The van der Waals surface area contributed by atoms with Gasteiger partial charge >= 0.3 is 0 Å². The van der Waals surface area contributed by atoms with Crippen LogP contribution in [0.15, 0.2) is 47.3 Å². The van der Waals surface area contributed by atoms with Crippen LogP contribution in [0.5, 0.6) is 5.75 Å². The lowest BCUT2D eigenvalue weighted by atomic mass is 10.0. The number of nitrogens with two attached hydrogens (primary N) is 1. The summed E-state index contributed by atoms with van der Waals surface area (Å²) < 4.78 is 22.3. The van der Waals surface area contributed by atoms with Gasteiger partial charge in [-0.1, -0.05) is 11.6 Å². The third-order valence-corrected chi connectivity index (χ3v) is 8.62. The van der Waals surface area contributed by atoms with E-state index in [1.807, 2.05) is 50.4 Å². The summed E-state index contributed by atoms with van der Waals surface area (Å²) in [5.41, 5.74) is 7.45. The molecule has 0 spiro atoms. The standard InChI is InChI=1S/C25H23BrClN5O3/c1-24(2)34-19-18(32-6-5-14-21(27)29-11-30-23(14)32)15-9-25(15,20(19)35-24)10-33-13-4-3-12-7-16(26)22(28)31-17(12)8-13/h3-8,11,15,18-20H,9-10H2,1-2H3,(H2,28,31)/t15-,18-,19+,20+,25+/m1/s1. The zero-order valence-corrected chi connectivity index (χ0v) is 21.5. The third kappa shape index (κ3) is 3.21. The molecule has 8 nitrogen and oxygen atoms in total. The zero-order valence-electron chi connectivity index (χ0n) is 19.1. The van der Waals surface area contributed by atoms with Crippen molar-refractivity contribution in [2.45, 2.75) is 44.3 Å². The summed E-state index contributed by atoms with van der Waals surface area (Å²) in [6.07, 6.45) is 4.35. The smallest absolute Gasteiger partial charge is 0.163 e. The number of aromatic nitrogens is 4. The quantitative estimate of drug-likeness (QED) is 0.348. The van der Waals surface area contributed by atoms with Gasteiger partial charge in [-0.05, 0) is 66.4 Å². The number of benzene rings is 1. The van der Waals surface area contributed by atoms with Crippen LogP contribution in [0.4, 0.5) is 5.82 Å². The van der Waals surface area contributed by atoms with Crippen molar-refractivity contribution in [3.8, 4) is 5.75 Å². The molecule has 0 bridgehead atoms. The van der Waals surface area contributed by atoms with Gasteiger partial charge in [0.25, 0.3) is 0 Å². The van der Waals surface area contributed by atoms with E-state index in [9.17, 15) is 0 Å². The van der Waals surface area contributed by atoms with Crippen LogP contribution >= 0.6 is 27.5 Å². The fourth-order valence-corrected chi connectivity index (χ4v) is 6.60. The highest BCUT2D eigenvalue weighted by molar-refractivity contribution is 9.10. The van der Waals surface area contributed by atoms with Gasteiger partial charge in [0.2, 0.25) is 0 Å². The van der Waals surface area contributed by atoms with Crippen LogP contribution < -0.4 is 10.5 Å². The number of ether oxygens (including phenoxy) is 3. The van der Waals surface area contributed by atoms with Crippen molar-refractivity contribution in [1.29, 1.82) is 0 Å². The zero-order chi connectivity index (χ0) is 24.1. The van der Waals surface area contributed by atoms with Crippen molar-refractivity contribution in [2.75, 3.05) is 12.3 Å². The van der Waals surface area contributed by atoms with E-state index in [1.165, 1.54) is 6.33 Å². The highest BCUT2D eigenvalue weighted by Crippen LogP contribution is 2.71. The first-order chi connectivity index (χ1) is 16.8. The van der Waals surface area contributed by atoms with E-state index in [4.69, 9.17) is 31.5 Å².